The van der Waals surface area contributed by atoms with Crippen LogP contribution in [0.1, 0.15) is 4.88 Å². The van der Waals surface area contributed by atoms with Crippen LogP contribution in [0.4, 0.5) is 4.79 Å². The molecule has 0 atom stereocenters. The van der Waals surface area contributed by atoms with Crippen molar-refractivity contribution in [1.82, 2.24) is 10.6 Å². The molecule has 4 amide bonds. The average Bonchev–Trinajstić information content (AvgIpc) is 2.58. The first-order valence-electron chi connectivity index (χ1n) is 4.20. The van der Waals surface area contributed by atoms with E-state index in [-0.39, 0.29) is 5.57 Å². The minimum Gasteiger partial charge on any atom is -0.273 e. The molecule has 0 saturated carbocycles. The topological polar surface area (TPSA) is 75.3 Å². The number of urea groups is 1. The van der Waals surface area contributed by atoms with E-state index in [4.69, 9.17) is 0 Å². The van der Waals surface area contributed by atoms with Crippen LogP contribution in [0.2, 0.25) is 0 Å². The lowest BCUT2D eigenvalue weighted by Gasteiger charge is -2.13. The van der Waals surface area contributed by atoms with E-state index in [0.29, 0.717) is 0 Å². The van der Waals surface area contributed by atoms with Gasteiger partial charge in [0.1, 0.15) is 5.57 Å². The zero-order valence-corrected chi connectivity index (χ0v) is 10.1. The maximum absolute atomic E-state index is 11.4. The number of carbonyl (C=O) groups is 3. The molecule has 2 rings (SSSR count). The molecule has 0 bridgehead atoms. The second-order valence-electron chi connectivity index (χ2n) is 2.94. The number of barbiturate groups is 1. The average molecular weight is 301 g/mol. The van der Waals surface area contributed by atoms with Crippen LogP contribution in [0.5, 0.6) is 0 Å². The fourth-order valence-electron chi connectivity index (χ4n) is 1.15. The van der Waals surface area contributed by atoms with Crippen LogP contribution < -0.4 is 10.6 Å². The van der Waals surface area contributed by atoms with Gasteiger partial charge in [-0.2, -0.15) is 0 Å². The molecule has 1 saturated heterocycles. The Hall–Kier alpha value is -1.47. The van der Waals surface area contributed by atoms with Gasteiger partial charge < -0.3 is 0 Å². The maximum atomic E-state index is 11.4. The van der Waals surface area contributed by atoms with Gasteiger partial charge in [0.15, 0.2) is 0 Å². The van der Waals surface area contributed by atoms with Crippen molar-refractivity contribution in [3.8, 4) is 0 Å². The Morgan fingerprint density at radius 1 is 1.12 bits per heavy atom. The van der Waals surface area contributed by atoms with Crippen LogP contribution in [0.25, 0.3) is 6.08 Å². The van der Waals surface area contributed by atoms with Gasteiger partial charge >= 0.3 is 6.03 Å². The molecule has 2 heterocycles. The lowest BCUT2D eigenvalue weighted by Crippen LogP contribution is -2.51. The number of hydrogen-bond donors (Lipinski definition) is 2. The fourth-order valence-corrected chi connectivity index (χ4v) is 2.52. The quantitative estimate of drug-likeness (QED) is 0.606. The van der Waals surface area contributed by atoms with Crippen molar-refractivity contribution in [1.29, 1.82) is 0 Å². The minimum atomic E-state index is -0.792. The van der Waals surface area contributed by atoms with Crippen LogP contribution in [0.15, 0.2) is 21.5 Å². The third-order valence-corrected chi connectivity index (χ3v) is 3.39. The normalized spacial score (nSPS) is 15.8. The zero-order chi connectivity index (χ0) is 11.7. The van der Waals surface area contributed by atoms with E-state index in [1.54, 1.807) is 12.1 Å². The number of amides is 4. The Bertz CT molecular complexity index is 499. The summed E-state index contributed by atoms with van der Waals surface area (Å²) in [5.74, 6) is -1.36. The fraction of sp³-hybridized carbons (Fsp3) is 0. The molecule has 82 valence electrons. The van der Waals surface area contributed by atoms with Crippen molar-refractivity contribution in [2.24, 2.45) is 0 Å². The van der Waals surface area contributed by atoms with Crippen LogP contribution in [-0.2, 0) is 9.59 Å². The van der Waals surface area contributed by atoms with Gasteiger partial charge in [-0.3, -0.25) is 20.2 Å². The number of imide groups is 2. The number of rotatable bonds is 1. The van der Waals surface area contributed by atoms with E-state index in [9.17, 15) is 14.4 Å². The molecule has 0 unspecified atom stereocenters. The molecule has 0 radical (unpaired) electrons. The first kappa shape index (κ1) is 11.0. The van der Waals surface area contributed by atoms with Gasteiger partial charge in [0, 0.05) is 4.88 Å². The summed E-state index contributed by atoms with van der Waals surface area (Å²) in [6.45, 7) is 0. The van der Waals surface area contributed by atoms with Crippen molar-refractivity contribution >= 4 is 51.2 Å². The number of carbonyl (C=O) groups excluding carboxylic acids is 3. The van der Waals surface area contributed by atoms with E-state index < -0.39 is 17.8 Å². The monoisotopic (exact) mass is 300 g/mol. The predicted octanol–water partition coefficient (Wildman–Crippen LogP) is 1.26. The molecule has 7 heteroatoms. The number of halogens is 1. The maximum Gasteiger partial charge on any atom is 0.328 e. The highest BCUT2D eigenvalue weighted by atomic mass is 79.9. The molecule has 1 fully saturated rings. The van der Waals surface area contributed by atoms with Crippen LogP contribution in [0, 0.1) is 0 Å². The molecule has 1 aliphatic rings. The summed E-state index contributed by atoms with van der Waals surface area (Å²) in [6, 6.07) is 2.78. The molecule has 1 aromatic rings. The predicted molar refractivity (Wildman–Crippen MR) is 61.7 cm³/mol. The highest BCUT2D eigenvalue weighted by Gasteiger charge is 2.27. The van der Waals surface area contributed by atoms with E-state index >= 15 is 0 Å². The van der Waals surface area contributed by atoms with Crippen molar-refractivity contribution in [3.05, 3.63) is 26.4 Å². The van der Waals surface area contributed by atoms with Crippen molar-refractivity contribution in [3.63, 3.8) is 0 Å². The van der Waals surface area contributed by atoms with Crippen molar-refractivity contribution in [2.75, 3.05) is 0 Å². The Balaban J connectivity index is 2.32. The van der Waals surface area contributed by atoms with E-state index in [2.05, 4.69) is 15.9 Å². The second kappa shape index (κ2) is 4.18. The molecule has 0 aliphatic carbocycles. The lowest BCUT2D eigenvalue weighted by molar-refractivity contribution is -0.123. The number of nitrogens with one attached hydrogen (secondary N) is 2. The summed E-state index contributed by atoms with van der Waals surface area (Å²) in [7, 11) is 0. The summed E-state index contributed by atoms with van der Waals surface area (Å²) in [6.07, 6.45) is 1.44. The van der Waals surface area contributed by atoms with Crippen LogP contribution >= 0.6 is 27.3 Å². The van der Waals surface area contributed by atoms with E-state index in [1.807, 2.05) is 10.6 Å². The standard InChI is InChI=1S/C9H5BrN2O3S/c10-6-2-1-4(16-6)3-5-7(13)11-9(15)12-8(5)14/h1-3H,(H2,11,12,13,14,15). The molecule has 5 nitrogen and oxygen atoms in total. The number of hydrogen-bond acceptors (Lipinski definition) is 4. The summed E-state index contributed by atoms with van der Waals surface area (Å²) >= 11 is 4.65. The smallest absolute Gasteiger partial charge is 0.273 e. The summed E-state index contributed by atoms with van der Waals surface area (Å²) in [4.78, 5) is 34.3. The molecule has 0 spiro atoms. The molecule has 1 aliphatic heterocycles. The van der Waals surface area contributed by atoms with Gasteiger partial charge in [-0.15, -0.1) is 11.3 Å². The first-order chi connectivity index (χ1) is 7.56. The third kappa shape index (κ3) is 2.20. The molecular formula is C9H5BrN2O3S. The van der Waals surface area contributed by atoms with Gasteiger partial charge in [0.25, 0.3) is 11.8 Å². The Morgan fingerprint density at radius 3 is 2.25 bits per heavy atom. The van der Waals surface area contributed by atoms with Crippen LogP contribution in [0.3, 0.4) is 0 Å². The lowest BCUT2D eigenvalue weighted by atomic mass is 10.2. The van der Waals surface area contributed by atoms with E-state index in [1.165, 1.54) is 17.4 Å². The highest BCUT2D eigenvalue weighted by Crippen LogP contribution is 2.24. The molecular weight excluding hydrogens is 296 g/mol. The minimum absolute atomic E-state index is 0.0750. The molecule has 2 N–H and O–H groups in total. The van der Waals surface area contributed by atoms with Crippen molar-refractivity contribution < 1.29 is 14.4 Å². The van der Waals surface area contributed by atoms with Gasteiger partial charge in [-0.1, -0.05) is 0 Å². The van der Waals surface area contributed by atoms with Gasteiger partial charge in [0.2, 0.25) is 0 Å². The van der Waals surface area contributed by atoms with Crippen molar-refractivity contribution in [2.45, 2.75) is 0 Å². The first-order valence-corrected chi connectivity index (χ1v) is 5.81. The van der Waals surface area contributed by atoms with E-state index in [0.717, 1.165) is 8.66 Å². The Morgan fingerprint density at radius 2 is 1.75 bits per heavy atom. The SMILES string of the molecule is O=C1NC(=O)C(=Cc2ccc(Br)s2)C(=O)N1. The van der Waals surface area contributed by atoms with Crippen LogP contribution in [-0.4, -0.2) is 17.8 Å². The second-order valence-corrected chi connectivity index (χ2v) is 5.43. The highest BCUT2D eigenvalue weighted by molar-refractivity contribution is 9.11. The largest absolute Gasteiger partial charge is 0.328 e. The van der Waals surface area contributed by atoms with Gasteiger partial charge in [-0.05, 0) is 34.1 Å². The molecule has 1 aromatic heterocycles. The molecule has 0 aromatic carbocycles. The Labute approximate surface area is 103 Å². The van der Waals surface area contributed by atoms with Gasteiger partial charge in [-0.25, -0.2) is 4.79 Å². The Kier molecular flexibility index (Phi) is 2.88. The summed E-state index contributed by atoms with van der Waals surface area (Å²) in [5, 5.41) is 4.00. The summed E-state index contributed by atoms with van der Waals surface area (Å²) in [5.41, 5.74) is -0.0750. The zero-order valence-electron chi connectivity index (χ0n) is 7.74. The summed E-state index contributed by atoms with van der Waals surface area (Å²) < 4.78 is 0.895. The number of thiophene rings is 1. The third-order valence-electron chi connectivity index (χ3n) is 1.82. The molecule has 16 heavy (non-hydrogen) atoms. The van der Waals surface area contributed by atoms with Gasteiger partial charge in [0.05, 0.1) is 3.79 Å².